The minimum Gasteiger partial charge on any atom is -0.262 e. The molecule has 0 saturated carbocycles. The Morgan fingerprint density at radius 3 is 2.91 bits per heavy atom. The van der Waals surface area contributed by atoms with Gasteiger partial charge in [-0.3, -0.25) is 4.98 Å². The van der Waals surface area contributed by atoms with Crippen LogP contribution < -0.4 is 0 Å². The van der Waals surface area contributed by atoms with E-state index in [1.54, 1.807) is 0 Å². The molecule has 1 heterocycles. The third-order valence-corrected chi connectivity index (χ3v) is 4.38. The van der Waals surface area contributed by atoms with Crippen LogP contribution in [-0.2, 0) is 0 Å². The average molecular weight is 295 g/mol. The van der Waals surface area contributed by atoms with Crippen molar-refractivity contribution in [2.45, 2.75) is 12.8 Å². The molecule has 0 amide bonds. The van der Waals surface area contributed by atoms with Crippen LogP contribution in [-0.4, -0.2) is 4.98 Å². The van der Waals surface area contributed by atoms with Crippen molar-refractivity contribution < 1.29 is 0 Å². The largest absolute Gasteiger partial charge is 0.262 e. The van der Waals surface area contributed by atoms with Gasteiger partial charge in [-0.15, -0.1) is 0 Å². The van der Waals surface area contributed by atoms with Gasteiger partial charge in [-0.05, 0) is 35.8 Å². The molecule has 0 spiro atoms. The highest BCUT2D eigenvalue weighted by Gasteiger charge is 2.28. The summed E-state index contributed by atoms with van der Waals surface area (Å²) in [6.45, 7) is 2.00. The molecule has 0 N–H and O–H groups in total. The number of fused-ring (bicyclic) bond motifs is 2. The highest BCUT2D eigenvalue weighted by atomic mass is 14.6. The summed E-state index contributed by atoms with van der Waals surface area (Å²) in [5.41, 5.74) is 5.98. The summed E-state index contributed by atoms with van der Waals surface area (Å²) in [6.07, 6.45) is 12.8. The molecule has 1 aromatic heterocycles. The summed E-state index contributed by atoms with van der Waals surface area (Å²) in [6, 6.07) is 12.6. The highest BCUT2D eigenvalue weighted by molar-refractivity contribution is 5.67. The minimum absolute atomic E-state index is 0.195. The molecule has 1 heteroatoms. The van der Waals surface area contributed by atoms with Gasteiger partial charge in [0.05, 0.1) is 5.92 Å². The first kappa shape index (κ1) is 13.8. The quantitative estimate of drug-likeness (QED) is 0.644. The lowest BCUT2D eigenvalue weighted by Crippen LogP contribution is -2.17. The maximum absolute atomic E-state index is 4.24. The van der Waals surface area contributed by atoms with E-state index >= 15 is 0 Å². The van der Waals surface area contributed by atoms with E-state index < -0.39 is 0 Å². The van der Waals surface area contributed by atoms with Crippen LogP contribution in [0.4, 0.5) is 0 Å². The van der Waals surface area contributed by atoms with Gasteiger partial charge in [-0.1, -0.05) is 66.5 Å². The molecule has 0 saturated heterocycles. The lowest BCUT2D eigenvalue weighted by atomic mass is 9.73. The van der Waals surface area contributed by atoms with Gasteiger partial charge in [0.1, 0.15) is 0 Å². The Labute approximate surface area is 137 Å². The third-order valence-electron chi connectivity index (χ3n) is 4.38. The van der Waals surface area contributed by atoms with Crippen LogP contribution in [0.3, 0.4) is 0 Å². The molecule has 2 unspecified atom stereocenters. The molecule has 2 aliphatic rings. The zero-order chi connectivity index (χ0) is 15.6. The zero-order valence-electron chi connectivity index (χ0n) is 13.0. The predicted octanol–water partition coefficient (Wildman–Crippen LogP) is 4.66. The van der Waals surface area contributed by atoms with Crippen molar-refractivity contribution in [2.75, 3.05) is 0 Å². The number of rotatable bonds is 0. The van der Waals surface area contributed by atoms with E-state index in [1.807, 2.05) is 25.3 Å². The molecule has 2 atom stereocenters. The normalized spacial score (nSPS) is 20.8. The van der Waals surface area contributed by atoms with E-state index in [0.29, 0.717) is 5.92 Å². The summed E-state index contributed by atoms with van der Waals surface area (Å²) in [5.74, 6) is 7.40. The van der Waals surface area contributed by atoms with Crippen LogP contribution in [0.2, 0.25) is 0 Å². The van der Waals surface area contributed by atoms with Crippen molar-refractivity contribution in [3.63, 3.8) is 0 Å². The fourth-order valence-corrected chi connectivity index (χ4v) is 3.27. The standard InChI is InChI=1S/C22H17N/c1-16-14-17(12-13-23-16)10-11-22-20-8-4-2-6-18(20)15-19-7-3-5-9-21(19)22/h2-9,12-15,20,22H,1H3. The fraction of sp³-hybridized carbons (Fsp3) is 0.136. The van der Waals surface area contributed by atoms with Crippen molar-refractivity contribution in [2.24, 2.45) is 5.92 Å². The first-order chi connectivity index (χ1) is 11.3. The van der Waals surface area contributed by atoms with Gasteiger partial charge < -0.3 is 0 Å². The number of aromatic nitrogens is 1. The second-order valence-corrected chi connectivity index (χ2v) is 5.98. The van der Waals surface area contributed by atoms with Crippen molar-refractivity contribution in [1.29, 1.82) is 0 Å². The maximum atomic E-state index is 4.24. The number of allylic oxidation sites excluding steroid dienone is 5. The maximum Gasteiger partial charge on any atom is 0.0565 e. The first-order valence-corrected chi connectivity index (χ1v) is 7.91. The van der Waals surface area contributed by atoms with Gasteiger partial charge in [0, 0.05) is 23.4 Å². The number of benzene rings is 1. The minimum atomic E-state index is 0.195. The van der Waals surface area contributed by atoms with E-state index in [4.69, 9.17) is 0 Å². The Bertz CT molecular complexity index is 903. The monoisotopic (exact) mass is 295 g/mol. The van der Waals surface area contributed by atoms with Crippen molar-refractivity contribution in [3.8, 4) is 11.8 Å². The summed E-state index contributed by atoms with van der Waals surface area (Å²) in [5, 5.41) is 0. The van der Waals surface area contributed by atoms with E-state index in [-0.39, 0.29) is 5.92 Å². The van der Waals surface area contributed by atoms with Gasteiger partial charge >= 0.3 is 0 Å². The van der Waals surface area contributed by atoms with Gasteiger partial charge in [-0.2, -0.15) is 0 Å². The molecule has 1 nitrogen and oxygen atoms in total. The van der Waals surface area contributed by atoms with Gasteiger partial charge in [0.25, 0.3) is 0 Å². The topological polar surface area (TPSA) is 12.9 Å². The van der Waals surface area contributed by atoms with Crippen LogP contribution >= 0.6 is 0 Å². The van der Waals surface area contributed by atoms with Gasteiger partial charge in [0.15, 0.2) is 0 Å². The number of nitrogens with zero attached hydrogens (tertiary/aromatic N) is 1. The first-order valence-electron chi connectivity index (χ1n) is 7.91. The second kappa shape index (κ2) is 5.74. The van der Waals surface area contributed by atoms with Gasteiger partial charge in [0.2, 0.25) is 0 Å². The Balaban J connectivity index is 1.79. The lowest BCUT2D eigenvalue weighted by Gasteiger charge is -2.29. The van der Waals surface area contributed by atoms with E-state index in [9.17, 15) is 0 Å². The molecule has 0 radical (unpaired) electrons. The smallest absolute Gasteiger partial charge is 0.0565 e. The summed E-state index contributed by atoms with van der Waals surface area (Å²) in [7, 11) is 0. The molecule has 1 aromatic carbocycles. The molecule has 23 heavy (non-hydrogen) atoms. The van der Waals surface area contributed by atoms with Crippen LogP contribution in [0, 0.1) is 24.7 Å². The van der Waals surface area contributed by atoms with Crippen molar-refractivity contribution >= 4 is 6.08 Å². The number of hydrogen-bond acceptors (Lipinski definition) is 1. The van der Waals surface area contributed by atoms with Gasteiger partial charge in [-0.25, -0.2) is 0 Å². The van der Waals surface area contributed by atoms with E-state index in [1.165, 1.54) is 16.7 Å². The Morgan fingerprint density at radius 2 is 2.00 bits per heavy atom. The lowest BCUT2D eigenvalue weighted by molar-refractivity contribution is 0.689. The molecule has 2 aliphatic carbocycles. The SMILES string of the molecule is Cc1cc(C#CC2c3ccccc3C=C3C=CC=CC32)ccn1. The van der Waals surface area contributed by atoms with Crippen LogP contribution in [0.15, 0.2) is 72.5 Å². The van der Waals surface area contributed by atoms with E-state index in [2.05, 4.69) is 71.5 Å². The molecule has 0 bridgehead atoms. The number of hydrogen-bond donors (Lipinski definition) is 0. The van der Waals surface area contributed by atoms with Crippen LogP contribution in [0.1, 0.15) is 28.3 Å². The fourth-order valence-electron chi connectivity index (χ4n) is 3.27. The summed E-state index contributed by atoms with van der Waals surface area (Å²) < 4.78 is 0. The van der Waals surface area contributed by atoms with Crippen molar-refractivity contribution in [3.05, 3.63) is 94.9 Å². The summed E-state index contributed by atoms with van der Waals surface area (Å²) in [4.78, 5) is 4.24. The van der Waals surface area contributed by atoms with E-state index in [0.717, 1.165) is 11.3 Å². The Morgan fingerprint density at radius 1 is 1.09 bits per heavy atom. The molecular formula is C22H17N. The Hall–Kier alpha value is -2.85. The van der Waals surface area contributed by atoms with Crippen LogP contribution in [0.5, 0.6) is 0 Å². The molecule has 0 fully saturated rings. The third kappa shape index (κ3) is 2.64. The zero-order valence-corrected chi connectivity index (χ0v) is 13.0. The molecular weight excluding hydrogens is 278 g/mol. The predicted molar refractivity (Wildman–Crippen MR) is 94.8 cm³/mol. The van der Waals surface area contributed by atoms with Crippen LogP contribution in [0.25, 0.3) is 6.08 Å². The highest BCUT2D eigenvalue weighted by Crippen LogP contribution is 2.40. The second-order valence-electron chi connectivity index (χ2n) is 5.98. The summed E-state index contributed by atoms with van der Waals surface area (Å²) >= 11 is 0. The van der Waals surface area contributed by atoms with Crippen molar-refractivity contribution in [1.82, 2.24) is 4.98 Å². The number of pyridine rings is 1. The Kier molecular flexibility index (Phi) is 3.44. The molecule has 4 rings (SSSR count). The number of aryl methyl sites for hydroxylation is 1. The molecule has 0 aliphatic heterocycles. The molecule has 110 valence electrons. The molecule has 2 aromatic rings. The average Bonchev–Trinajstić information content (AvgIpc) is 2.58.